The highest BCUT2D eigenvalue weighted by atomic mass is 32.2. The lowest BCUT2D eigenvalue weighted by Gasteiger charge is -2.23. The summed E-state index contributed by atoms with van der Waals surface area (Å²) in [6.45, 7) is 8.39. The van der Waals surface area contributed by atoms with Gasteiger partial charge in [-0.25, -0.2) is 28.9 Å². The van der Waals surface area contributed by atoms with Gasteiger partial charge in [-0.1, -0.05) is 118 Å². The van der Waals surface area contributed by atoms with Crippen LogP contribution in [0.2, 0.25) is 0 Å². The first-order chi connectivity index (χ1) is 41.6. The lowest BCUT2D eigenvalue weighted by Crippen LogP contribution is -2.35. The molecule has 1 atom stereocenters. The number of benzene rings is 6. The molecular weight excluding hydrogens is 1170 g/mol. The van der Waals surface area contributed by atoms with Gasteiger partial charge in [0.1, 0.15) is 18.4 Å². The second-order valence-electron chi connectivity index (χ2n) is 20.9. The van der Waals surface area contributed by atoms with Gasteiger partial charge in [0.25, 0.3) is 0 Å². The first-order valence-electron chi connectivity index (χ1n) is 27.5. The van der Waals surface area contributed by atoms with Crippen LogP contribution in [0.4, 0.5) is 47.3 Å². The number of carbonyl (C=O) groups excluding carboxylic acids is 4. The van der Waals surface area contributed by atoms with Gasteiger partial charge in [0.2, 0.25) is 11.8 Å². The Balaban J connectivity index is 0.797. The van der Waals surface area contributed by atoms with Crippen LogP contribution in [0.5, 0.6) is 5.75 Å². The van der Waals surface area contributed by atoms with Gasteiger partial charge in [-0.05, 0) is 120 Å². The van der Waals surface area contributed by atoms with Crippen molar-refractivity contribution >= 4 is 69.1 Å². The first kappa shape index (κ1) is 61.0. The fourth-order valence-electron chi connectivity index (χ4n) is 9.69. The molecule has 0 radical (unpaired) electrons. The van der Waals surface area contributed by atoms with Gasteiger partial charge in [-0.15, -0.1) is 10.2 Å². The number of rotatable bonds is 17. The lowest BCUT2D eigenvalue weighted by atomic mass is 9.96. The van der Waals surface area contributed by atoms with E-state index in [0.717, 1.165) is 70.0 Å². The lowest BCUT2D eigenvalue weighted by molar-refractivity contribution is -0.138. The van der Waals surface area contributed by atoms with Crippen LogP contribution in [0.15, 0.2) is 156 Å². The van der Waals surface area contributed by atoms with Crippen molar-refractivity contribution in [1.29, 1.82) is 0 Å². The number of ether oxygens (including phenoxy) is 1. The Labute approximate surface area is 504 Å². The molecule has 0 spiro atoms. The molecule has 87 heavy (non-hydrogen) atoms. The highest BCUT2D eigenvalue weighted by Gasteiger charge is 2.42. The van der Waals surface area contributed by atoms with Crippen LogP contribution < -0.4 is 25.2 Å². The Hall–Kier alpha value is -9.10. The number of aliphatic imine (C=N–C) groups is 2. The molecule has 1 unspecified atom stereocenters. The summed E-state index contributed by atoms with van der Waals surface area (Å²) < 4.78 is 86.9. The Morgan fingerprint density at radius 3 is 1.54 bits per heavy atom. The van der Waals surface area contributed by atoms with Crippen molar-refractivity contribution in [1.82, 2.24) is 40.2 Å². The number of carbonyl (C=O) groups is 4. The molecule has 2 aliphatic heterocycles. The topological polar surface area (TPSA) is 194 Å². The highest BCUT2D eigenvalue weighted by molar-refractivity contribution is 8.16. The largest absolute Gasteiger partial charge is 0.497 e. The molecule has 0 aliphatic carbocycles. The quantitative estimate of drug-likeness (QED) is 0.0824. The molecule has 0 bridgehead atoms. The summed E-state index contributed by atoms with van der Waals surface area (Å²) in [7, 11) is 1.53. The van der Waals surface area contributed by atoms with Gasteiger partial charge in [-0.3, -0.25) is 19.4 Å². The van der Waals surface area contributed by atoms with Crippen molar-refractivity contribution in [2.24, 2.45) is 9.98 Å². The molecule has 2 aliphatic rings. The second-order valence-corrected chi connectivity index (χ2v) is 23.0. The van der Waals surface area contributed by atoms with Crippen LogP contribution >= 0.6 is 23.5 Å². The van der Waals surface area contributed by atoms with Gasteiger partial charge in [0, 0.05) is 30.3 Å². The summed E-state index contributed by atoms with van der Waals surface area (Å²) in [6, 6.07) is 33.6. The van der Waals surface area contributed by atoms with E-state index in [2.05, 4.69) is 40.8 Å². The molecule has 2 fully saturated rings. The minimum atomic E-state index is -4.46. The monoisotopic (exact) mass is 1230 g/mol. The molecular formula is C62H56F6N12O5S2. The van der Waals surface area contributed by atoms with Crippen LogP contribution in [-0.2, 0) is 41.2 Å². The number of hydrogen-bond donors (Lipinski definition) is 2. The van der Waals surface area contributed by atoms with E-state index in [9.17, 15) is 45.5 Å². The molecule has 2 aromatic heterocycles. The first-order valence-corrected chi connectivity index (χ1v) is 29.3. The van der Waals surface area contributed by atoms with E-state index in [-0.39, 0.29) is 59.2 Å². The van der Waals surface area contributed by atoms with Crippen LogP contribution in [0.25, 0.3) is 34.2 Å². The Morgan fingerprint density at radius 2 is 1.07 bits per heavy atom. The van der Waals surface area contributed by atoms with E-state index in [1.807, 2.05) is 107 Å². The molecule has 6 amide bonds. The van der Waals surface area contributed by atoms with Gasteiger partial charge in [0.05, 0.1) is 52.0 Å². The number of halogens is 6. The van der Waals surface area contributed by atoms with E-state index in [0.29, 0.717) is 69.7 Å². The van der Waals surface area contributed by atoms with Crippen molar-refractivity contribution in [3.63, 3.8) is 0 Å². The fourth-order valence-corrected chi connectivity index (χ4v) is 11.7. The number of alkyl halides is 6. The minimum Gasteiger partial charge on any atom is -0.497 e. The van der Waals surface area contributed by atoms with E-state index < -0.39 is 40.8 Å². The zero-order valence-electron chi connectivity index (χ0n) is 47.4. The number of urea groups is 2. The minimum absolute atomic E-state index is 0.0368. The summed E-state index contributed by atoms with van der Waals surface area (Å²) in [5, 5.41) is 14.1. The number of hydrogen-bond acceptors (Lipinski definition) is 11. The number of nitrogens with zero attached hydrogens (tertiary/aromatic N) is 10. The zero-order valence-corrected chi connectivity index (χ0v) is 49.1. The summed E-state index contributed by atoms with van der Waals surface area (Å²) in [5.41, 5.74) is 5.81. The maximum absolute atomic E-state index is 14.8. The van der Waals surface area contributed by atoms with Crippen molar-refractivity contribution in [2.75, 3.05) is 35.8 Å². The second kappa shape index (κ2) is 25.9. The summed E-state index contributed by atoms with van der Waals surface area (Å²) in [4.78, 5) is 76.1. The molecule has 2 N–H and O–H groups in total. The number of amides is 6. The highest BCUT2D eigenvalue weighted by Crippen LogP contribution is 2.41. The van der Waals surface area contributed by atoms with Crippen molar-refractivity contribution in [3.05, 3.63) is 185 Å². The van der Waals surface area contributed by atoms with E-state index in [4.69, 9.17) is 4.74 Å². The average Bonchev–Trinajstić information content (AvgIpc) is 2.03. The number of thioether (sulfide) groups is 2. The van der Waals surface area contributed by atoms with Crippen LogP contribution in [0.3, 0.4) is 0 Å². The molecule has 4 heterocycles. The zero-order chi connectivity index (χ0) is 61.7. The predicted molar refractivity (Wildman–Crippen MR) is 323 cm³/mol. The average molecular weight is 1230 g/mol. The number of aromatic nitrogens is 6. The predicted octanol–water partition coefficient (Wildman–Crippen LogP) is 12.9. The van der Waals surface area contributed by atoms with Gasteiger partial charge < -0.3 is 15.4 Å². The summed E-state index contributed by atoms with van der Waals surface area (Å²) >= 11 is 2.28. The normalized spacial score (nSPS) is 15.6. The van der Waals surface area contributed by atoms with Crippen molar-refractivity contribution in [3.8, 4) is 39.9 Å². The maximum Gasteiger partial charge on any atom is 0.416 e. The van der Waals surface area contributed by atoms with Crippen LogP contribution in [0, 0.1) is 0 Å². The standard InChI is InChI=1S/C62H56F6N12O5S2/c1-36(2)48-24-10-40(30-50(48)79-53(81)33-86-59(79)73-57(83)69-28-26-38-6-11-41(12-7-38)54-71-34-77(75-54)45-19-15-43(16-20-45)61(63,64)65)31-52-56(82)80(51-32-47(85-5)23-25-49(51)37(3)4)60(87-52)74-58(84)70-29-27-39-8-13-42(14-9-39)55-72-35-78(76-55)46-21-17-44(18-22-46)62(66,67)68/h6-25,30,32,34-37,52H,26-29,31,33H2,1-5H3,(H,69,83)(H,70,84). The fraction of sp³-hybridized carbons (Fsp3) is 0.258. The molecule has 2 saturated heterocycles. The molecule has 0 saturated carbocycles. The number of anilines is 2. The van der Waals surface area contributed by atoms with E-state index >= 15 is 0 Å². The molecule has 25 heteroatoms. The number of methoxy groups -OCH3 is 1. The van der Waals surface area contributed by atoms with Gasteiger partial charge in [-0.2, -0.15) is 36.3 Å². The molecule has 8 aromatic rings. The third-order valence-corrected chi connectivity index (χ3v) is 16.3. The number of nitrogens with one attached hydrogen (secondary N) is 2. The van der Waals surface area contributed by atoms with Crippen LogP contribution in [-0.4, -0.2) is 94.9 Å². The maximum atomic E-state index is 14.8. The number of amidine groups is 2. The third kappa shape index (κ3) is 14.3. The van der Waals surface area contributed by atoms with Crippen LogP contribution in [0.1, 0.15) is 78.5 Å². The SMILES string of the molecule is COc1ccc(C(C)C)c(N2C(=O)C(Cc3ccc(C(C)C)c(N4C(=O)CSC4=NC(=O)NCCc4ccc(-c5ncn(-c6ccc(C(F)(F)F)cc6)n5)cc4)c3)SC2=NC(=O)NCCc2ccc(-c3ncn(-c4ccc(C(F)(F)F)cc4)n3)cc2)c1. The van der Waals surface area contributed by atoms with Crippen molar-refractivity contribution < 1.29 is 50.3 Å². The van der Waals surface area contributed by atoms with E-state index in [1.54, 1.807) is 6.07 Å². The smallest absolute Gasteiger partial charge is 0.416 e. The van der Waals surface area contributed by atoms with Gasteiger partial charge >= 0.3 is 24.4 Å². The van der Waals surface area contributed by atoms with Crippen molar-refractivity contribution in [2.45, 2.75) is 76.4 Å². The molecule has 448 valence electrons. The Kier molecular flexibility index (Phi) is 18.1. The van der Waals surface area contributed by atoms with E-state index in [1.165, 1.54) is 63.2 Å². The molecule has 17 nitrogen and oxygen atoms in total. The Bertz CT molecular complexity index is 3910. The summed E-state index contributed by atoms with van der Waals surface area (Å²) in [6.07, 6.45) is -5.02. The molecule has 10 rings (SSSR count). The summed E-state index contributed by atoms with van der Waals surface area (Å²) in [5.74, 6) is 0.591. The molecule has 6 aromatic carbocycles. The third-order valence-electron chi connectivity index (χ3n) is 14.3. The van der Waals surface area contributed by atoms with Gasteiger partial charge in [0.15, 0.2) is 22.0 Å². The Morgan fingerprint density at radius 1 is 0.609 bits per heavy atom.